The summed E-state index contributed by atoms with van der Waals surface area (Å²) in [5, 5.41) is 14.0. The zero-order valence-corrected chi connectivity index (χ0v) is 14.2. The summed E-state index contributed by atoms with van der Waals surface area (Å²) in [6, 6.07) is 13.4. The highest BCUT2D eigenvalue weighted by Gasteiger charge is 2.14. The Morgan fingerprint density at radius 1 is 1.33 bits per heavy atom. The van der Waals surface area contributed by atoms with Gasteiger partial charge in [0.25, 0.3) is 5.91 Å². The molecule has 1 amide bonds. The van der Waals surface area contributed by atoms with Crippen LogP contribution < -0.4 is 10.1 Å². The number of aromatic amines is 1. The number of amides is 1. The number of aromatic nitrogens is 2. The van der Waals surface area contributed by atoms with Crippen LogP contribution in [0.4, 0.5) is 0 Å². The van der Waals surface area contributed by atoms with Crippen molar-refractivity contribution in [1.82, 2.24) is 15.5 Å². The molecule has 0 unspecified atom stereocenters. The van der Waals surface area contributed by atoms with Gasteiger partial charge in [0.15, 0.2) is 0 Å². The summed E-state index contributed by atoms with van der Waals surface area (Å²) in [4.78, 5) is 12.2. The first kappa shape index (κ1) is 16.3. The molecule has 0 aliphatic heterocycles. The van der Waals surface area contributed by atoms with Crippen molar-refractivity contribution in [2.24, 2.45) is 0 Å². The van der Waals surface area contributed by atoms with Crippen molar-refractivity contribution in [1.29, 1.82) is 0 Å². The second kappa shape index (κ2) is 7.79. The number of hydrogen-bond acceptors (Lipinski definition) is 4. The van der Waals surface area contributed by atoms with E-state index in [-0.39, 0.29) is 11.9 Å². The van der Waals surface area contributed by atoms with E-state index >= 15 is 0 Å². The number of para-hydroxylation sites is 1. The summed E-state index contributed by atoms with van der Waals surface area (Å²) in [7, 11) is 0. The number of nitrogens with one attached hydrogen (secondary N) is 2. The molecule has 3 aromatic rings. The SMILES string of the molecule is C[C@H](Cc1ccsc1)NC(=O)c1cc(COc2ccccc2)[nH]n1. The molecule has 0 fully saturated rings. The Kier molecular flexibility index (Phi) is 5.28. The summed E-state index contributed by atoms with van der Waals surface area (Å²) < 4.78 is 5.63. The molecule has 6 heteroatoms. The van der Waals surface area contributed by atoms with Crippen LogP contribution in [0.3, 0.4) is 0 Å². The van der Waals surface area contributed by atoms with Gasteiger partial charge in [-0.2, -0.15) is 16.4 Å². The van der Waals surface area contributed by atoms with Crippen molar-refractivity contribution in [2.45, 2.75) is 26.0 Å². The maximum Gasteiger partial charge on any atom is 0.271 e. The van der Waals surface area contributed by atoms with Crippen LogP contribution in [0.15, 0.2) is 53.2 Å². The van der Waals surface area contributed by atoms with E-state index < -0.39 is 0 Å². The number of H-pyrrole nitrogens is 1. The minimum atomic E-state index is -0.181. The minimum absolute atomic E-state index is 0.0489. The van der Waals surface area contributed by atoms with Crippen LogP contribution in [0, 0.1) is 0 Å². The number of nitrogens with zero attached hydrogens (tertiary/aromatic N) is 1. The third kappa shape index (κ3) is 4.45. The molecule has 1 aromatic carbocycles. The fourth-order valence-corrected chi connectivity index (χ4v) is 3.02. The second-order valence-electron chi connectivity index (χ2n) is 5.59. The molecule has 0 saturated heterocycles. The number of carbonyl (C=O) groups excluding carboxylic acids is 1. The van der Waals surface area contributed by atoms with Gasteiger partial charge in [-0.3, -0.25) is 9.89 Å². The third-order valence-electron chi connectivity index (χ3n) is 3.50. The van der Waals surface area contributed by atoms with Gasteiger partial charge >= 0.3 is 0 Å². The monoisotopic (exact) mass is 341 g/mol. The number of carbonyl (C=O) groups is 1. The second-order valence-corrected chi connectivity index (χ2v) is 6.37. The maximum absolute atomic E-state index is 12.2. The summed E-state index contributed by atoms with van der Waals surface area (Å²) in [5.41, 5.74) is 2.36. The molecule has 2 heterocycles. The van der Waals surface area contributed by atoms with E-state index in [4.69, 9.17) is 4.74 Å². The van der Waals surface area contributed by atoms with Crippen molar-refractivity contribution in [3.05, 3.63) is 70.2 Å². The summed E-state index contributed by atoms with van der Waals surface area (Å²) in [6.45, 7) is 2.33. The van der Waals surface area contributed by atoms with E-state index in [2.05, 4.69) is 27.0 Å². The number of benzene rings is 1. The Balaban J connectivity index is 1.51. The lowest BCUT2D eigenvalue weighted by Crippen LogP contribution is -2.34. The molecule has 0 bridgehead atoms. The molecule has 5 nitrogen and oxygen atoms in total. The molecule has 0 aliphatic carbocycles. The topological polar surface area (TPSA) is 67.0 Å². The lowest BCUT2D eigenvalue weighted by molar-refractivity contribution is 0.0935. The van der Waals surface area contributed by atoms with E-state index in [9.17, 15) is 4.79 Å². The molecule has 0 aliphatic rings. The van der Waals surface area contributed by atoms with Crippen molar-refractivity contribution in [2.75, 3.05) is 0 Å². The molecule has 24 heavy (non-hydrogen) atoms. The number of thiophene rings is 1. The fourth-order valence-electron chi connectivity index (χ4n) is 2.34. The van der Waals surface area contributed by atoms with Crippen molar-refractivity contribution in [3.63, 3.8) is 0 Å². The quantitative estimate of drug-likeness (QED) is 0.692. The van der Waals surface area contributed by atoms with Crippen molar-refractivity contribution < 1.29 is 9.53 Å². The molecular weight excluding hydrogens is 322 g/mol. The lowest BCUT2D eigenvalue weighted by atomic mass is 10.1. The average molecular weight is 341 g/mol. The first-order chi connectivity index (χ1) is 11.7. The van der Waals surface area contributed by atoms with Gasteiger partial charge in [-0.15, -0.1) is 0 Å². The Bertz CT molecular complexity index is 769. The van der Waals surface area contributed by atoms with Crippen LogP contribution >= 0.6 is 11.3 Å². The number of ether oxygens (including phenoxy) is 1. The van der Waals surface area contributed by atoms with Crippen molar-refractivity contribution >= 4 is 17.2 Å². The third-order valence-corrected chi connectivity index (χ3v) is 4.23. The van der Waals surface area contributed by atoms with Gasteiger partial charge in [-0.25, -0.2) is 0 Å². The Hall–Kier alpha value is -2.60. The smallest absolute Gasteiger partial charge is 0.271 e. The van der Waals surface area contributed by atoms with E-state index in [1.807, 2.05) is 42.6 Å². The lowest BCUT2D eigenvalue weighted by Gasteiger charge is -2.11. The Morgan fingerprint density at radius 3 is 2.92 bits per heavy atom. The van der Waals surface area contributed by atoms with Crippen LogP contribution in [0.2, 0.25) is 0 Å². The predicted molar refractivity (Wildman–Crippen MR) is 94.3 cm³/mol. The zero-order valence-electron chi connectivity index (χ0n) is 13.4. The Morgan fingerprint density at radius 2 is 2.17 bits per heavy atom. The highest BCUT2D eigenvalue weighted by Crippen LogP contribution is 2.12. The van der Waals surface area contributed by atoms with Crippen LogP contribution in [0.25, 0.3) is 0 Å². The maximum atomic E-state index is 12.2. The number of rotatable bonds is 7. The fraction of sp³-hybridized carbons (Fsp3) is 0.222. The van der Waals surface area contributed by atoms with Gasteiger partial charge in [-0.05, 0) is 53.9 Å². The minimum Gasteiger partial charge on any atom is -0.487 e. The van der Waals surface area contributed by atoms with Gasteiger partial charge in [0, 0.05) is 6.04 Å². The van der Waals surface area contributed by atoms with Gasteiger partial charge in [0.05, 0.1) is 5.69 Å². The highest BCUT2D eigenvalue weighted by atomic mass is 32.1. The summed E-state index contributed by atoms with van der Waals surface area (Å²) >= 11 is 1.66. The molecule has 0 radical (unpaired) electrons. The van der Waals surface area contributed by atoms with E-state index in [1.54, 1.807) is 17.4 Å². The first-order valence-electron chi connectivity index (χ1n) is 7.75. The van der Waals surface area contributed by atoms with E-state index in [0.29, 0.717) is 12.3 Å². The highest BCUT2D eigenvalue weighted by molar-refractivity contribution is 7.07. The first-order valence-corrected chi connectivity index (χ1v) is 8.69. The zero-order chi connectivity index (χ0) is 16.8. The van der Waals surface area contributed by atoms with E-state index in [0.717, 1.165) is 17.9 Å². The van der Waals surface area contributed by atoms with Gasteiger partial charge in [-0.1, -0.05) is 18.2 Å². The average Bonchev–Trinajstić information content (AvgIpc) is 3.25. The normalized spacial score (nSPS) is 11.9. The molecule has 124 valence electrons. The number of hydrogen-bond donors (Lipinski definition) is 2. The molecule has 0 saturated carbocycles. The standard InChI is InChI=1S/C18H19N3O2S/c1-13(9-14-7-8-24-12-14)19-18(22)17-10-15(20-21-17)11-23-16-5-3-2-4-6-16/h2-8,10,12-13H,9,11H2,1H3,(H,19,22)(H,20,21)/t13-/m1/s1. The molecular formula is C18H19N3O2S. The van der Waals surface area contributed by atoms with E-state index in [1.165, 1.54) is 5.56 Å². The predicted octanol–water partition coefficient (Wildman–Crippen LogP) is 3.41. The summed E-state index contributed by atoms with van der Waals surface area (Å²) in [6.07, 6.45) is 0.809. The van der Waals surface area contributed by atoms with Crippen LogP contribution in [0.5, 0.6) is 5.75 Å². The van der Waals surface area contributed by atoms with Gasteiger partial charge < -0.3 is 10.1 Å². The van der Waals surface area contributed by atoms with Crippen LogP contribution in [0.1, 0.15) is 28.7 Å². The molecule has 2 aromatic heterocycles. The molecule has 3 rings (SSSR count). The Labute approximate surface area is 144 Å². The summed E-state index contributed by atoms with van der Waals surface area (Å²) in [5.74, 6) is 0.599. The van der Waals surface area contributed by atoms with Gasteiger partial charge in [0.1, 0.15) is 18.1 Å². The molecule has 1 atom stereocenters. The van der Waals surface area contributed by atoms with Crippen molar-refractivity contribution in [3.8, 4) is 5.75 Å². The van der Waals surface area contributed by atoms with Crippen LogP contribution in [-0.2, 0) is 13.0 Å². The molecule has 0 spiro atoms. The molecule has 2 N–H and O–H groups in total. The van der Waals surface area contributed by atoms with Crippen LogP contribution in [-0.4, -0.2) is 22.1 Å². The van der Waals surface area contributed by atoms with Gasteiger partial charge in [0.2, 0.25) is 0 Å². The largest absolute Gasteiger partial charge is 0.487 e.